The summed E-state index contributed by atoms with van der Waals surface area (Å²) in [6.45, 7) is 2.96. The van der Waals surface area contributed by atoms with Gasteiger partial charge in [0.2, 0.25) is 5.91 Å². The normalized spacial score (nSPS) is 19.2. The first-order valence-electron chi connectivity index (χ1n) is 6.50. The highest BCUT2D eigenvalue weighted by Crippen LogP contribution is 2.33. The van der Waals surface area contributed by atoms with Crippen molar-refractivity contribution in [3.8, 4) is 0 Å². The van der Waals surface area contributed by atoms with Crippen LogP contribution in [0, 0.1) is 0 Å². The topological polar surface area (TPSA) is 72.1 Å². The molecule has 0 spiro atoms. The van der Waals surface area contributed by atoms with Crippen molar-refractivity contribution in [2.75, 3.05) is 11.4 Å². The average Bonchev–Trinajstić information content (AvgIpc) is 3.04. The Kier molecular flexibility index (Phi) is 3.10. The van der Waals surface area contributed by atoms with Crippen LogP contribution in [0.25, 0.3) is 10.2 Å². The molecular formula is C13H16N4OS. The SMILES string of the molecule is CCc1cc2c(N3CCC[C@@H]3C(N)=O)ncnc2s1. The number of thiophene rings is 1. The summed E-state index contributed by atoms with van der Waals surface area (Å²) < 4.78 is 0. The van der Waals surface area contributed by atoms with Crippen LogP contribution in [0.1, 0.15) is 24.6 Å². The fourth-order valence-electron chi connectivity index (χ4n) is 2.61. The molecule has 2 aromatic rings. The Hall–Kier alpha value is -1.69. The Bertz CT molecular complexity index is 624. The highest BCUT2D eigenvalue weighted by Gasteiger charge is 2.31. The summed E-state index contributed by atoms with van der Waals surface area (Å²) in [4.78, 5) is 24.5. The molecule has 0 unspecified atom stereocenters. The number of nitrogens with two attached hydrogens (primary N) is 1. The van der Waals surface area contributed by atoms with E-state index in [0.717, 1.165) is 41.8 Å². The van der Waals surface area contributed by atoms with Gasteiger partial charge in [0.1, 0.15) is 23.0 Å². The van der Waals surface area contributed by atoms with Gasteiger partial charge >= 0.3 is 0 Å². The van der Waals surface area contributed by atoms with E-state index >= 15 is 0 Å². The first kappa shape index (κ1) is 12.3. The van der Waals surface area contributed by atoms with E-state index in [0.29, 0.717) is 0 Å². The molecule has 19 heavy (non-hydrogen) atoms. The van der Waals surface area contributed by atoms with Gasteiger partial charge < -0.3 is 10.6 Å². The van der Waals surface area contributed by atoms with Crippen LogP contribution in [0.4, 0.5) is 5.82 Å². The molecule has 0 aliphatic carbocycles. The van der Waals surface area contributed by atoms with Crippen LogP contribution in [0.2, 0.25) is 0 Å². The second-order valence-corrected chi connectivity index (χ2v) is 5.85. The number of carbonyl (C=O) groups excluding carboxylic acids is 1. The Morgan fingerprint density at radius 3 is 3.16 bits per heavy atom. The van der Waals surface area contributed by atoms with Crippen LogP contribution in [-0.2, 0) is 11.2 Å². The van der Waals surface area contributed by atoms with Crippen LogP contribution in [-0.4, -0.2) is 28.5 Å². The third kappa shape index (κ3) is 2.06. The van der Waals surface area contributed by atoms with Gasteiger partial charge in [0.15, 0.2) is 0 Å². The lowest BCUT2D eigenvalue weighted by molar-refractivity contribution is -0.119. The van der Waals surface area contributed by atoms with Gasteiger partial charge in [-0.3, -0.25) is 4.79 Å². The van der Waals surface area contributed by atoms with Gasteiger partial charge in [0.25, 0.3) is 0 Å². The molecule has 5 nitrogen and oxygen atoms in total. The maximum atomic E-state index is 11.5. The first-order chi connectivity index (χ1) is 9.20. The van der Waals surface area contributed by atoms with E-state index in [1.54, 1.807) is 17.7 Å². The van der Waals surface area contributed by atoms with Crippen molar-refractivity contribution in [2.45, 2.75) is 32.2 Å². The molecule has 1 aliphatic rings. The van der Waals surface area contributed by atoms with Crippen molar-refractivity contribution in [3.63, 3.8) is 0 Å². The fraction of sp³-hybridized carbons (Fsp3) is 0.462. The standard InChI is InChI=1S/C13H16N4OS/c1-2-8-6-9-12(15-7-16-13(9)19-8)17-5-3-4-10(17)11(14)18/h6-7,10H,2-5H2,1H3,(H2,14,18)/t10-/m1/s1. The number of aromatic nitrogens is 2. The van der Waals surface area contributed by atoms with E-state index in [4.69, 9.17) is 5.73 Å². The monoisotopic (exact) mass is 276 g/mol. The van der Waals surface area contributed by atoms with E-state index in [2.05, 4.69) is 23.0 Å². The molecule has 1 atom stereocenters. The van der Waals surface area contributed by atoms with Gasteiger partial charge in [-0.1, -0.05) is 6.92 Å². The lowest BCUT2D eigenvalue weighted by Crippen LogP contribution is -2.40. The lowest BCUT2D eigenvalue weighted by atomic mass is 10.2. The second-order valence-electron chi connectivity index (χ2n) is 4.74. The number of amides is 1. The minimum Gasteiger partial charge on any atom is -0.368 e. The van der Waals surface area contributed by atoms with Crippen LogP contribution in [0.5, 0.6) is 0 Å². The van der Waals surface area contributed by atoms with Crippen molar-refractivity contribution >= 4 is 33.3 Å². The third-order valence-corrected chi connectivity index (χ3v) is 4.75. The van der Waals surface area contributed by atoms with E-state index in [1.807, 2.05) is 4.90 Å². The third-order valence-electron chi connectivity index (χ3n) is 3.56. The smallest absolute Gasteiger partial charge is 0.240 e. The Labute approximate surface area is 115 Å². The zero-order valence-corrected chi connectivity index (χ0v) is 11.6. The molecule has 0 radical (unpaired) electrons. The summed E-state index contributed by atoms with van der Waals surface area (Å²) in [7, 11) is 0. The molecule has 1 amide bonds. The minimum atomic E-state index is -0.268. The van der Waals surface area contributed by atoms with Crippen molar-refractivity contribution in [1.82, 2.24) is 9.97 Å². The van der Waals surface area contributed by atoms with Gasteiger partial charge in [-0.2, -0.15) is 0 Å². The lowest BCUT2D eigenvalue weighted by Gasteiger charge is -2.23. The van der Waals surface area contributed by atoms with Crippen LogP contribution < -0.4 is 10.6 Å². The van der Waals surface area contributed by atoms with Crippen molar-refractivity contribution in [2.24, 2.45) is 5.73 Å². The number of carbonyl (C=O) groups is 1. The maximum absolute atomic E-state index is 11.5. The van der Waals surface area contributed by atoms with Gasteiger partial charge in [-0.05, 0) is 25.3 Å². The number of hydrogen-bond donors (Lipinski definition) is 1. The number of aryl methyl sites for hydroxylation is 1. The summed E-state index contributed by atoms with van der Waals surface area (Å²) in [6.07, 6.45) is 4.35. The molecule has 0 bridgehead atoms. The van der Waals surface area contributed by atoms with Crippen LogP contribution in [0.15, 0.2) is 12.4 Å². The van der Waals surface area contributed by atoms with Crippen molar-refractivity contribution in [1.29, 1.82) is 0 Å². The van der Waals surface area contributed by atoms with Gasteiger partial charge in [-0.25, -0.2) is 9.97 Å². The number of primary amides is 1. The van der Waals surface area contributed by atoms with Gasteiger partial charge in [0, 0.05) is 11.4 Å². The van der Waals surface area contributed by atoms with Gasteiger partial charge in [0.05, 0.1) is 5.39 Å². The zero-order chi connectivity index (χ0) is 13.4. The molecule has 0 aromatic carbocycles. The Morgan fingerprint density at radius 2 is 2.42 bits per heavy atom. The summed E-state index contributed by atoms with van der Waals surface area (Å²) in [5, 5.41) is 1.04. The molecule has 100 valence electrons. The highest BCUT2D eigenvalue weighted by molar-refractivity contribution is 7.18. The quantitative estimate of drug-likeness (QED) is 0.926. The predicted octanol–water partition coefficient (Wildman–Crippen LogP) is 1.71. The number of nitrogens with zero attached hydrogens (tertiary/aromatic N) is 3. The van der Waals surface area contributed by atoms with E-state index in [-0.39, 0.29) is 11.9 Å². The van der Waals surface area contributed by atoms with Crippen molar-refractivity contribution < 1.29 is 4.79 Å². The van der Waals surface area contributed by atoms with Gasteiger partial charge in [-0.15, -0.1) is 11.3 Å². The molecule has 3 rings (SSSR count). The summed E-state index contributed by atoms with van der Waals surface area (Å²) in [5.41, 5.74) is 5.48. The number of rotatable bonds is 3. The predicted molar refractivity (Wildman–Crippen MR) is 76.4 cm³/mol. The number of hydrogen-bond acceptors (Lipinski definition) is 5. The minimum absolute atomic E-state index is 0.233. The number of anilines is 1. The molecule has 1 saturated heterocycles. The maximum Gasteiger partial charge on any atom is 0.240 e. The summed E-state index contributed by atoms with van der Waals surface area (Å²) in [6, 6.07) is 1.90. The molecule has 1 fully saturated rings. The molecule has 2 N–H and O–H groups in total. The summed E-state index contributed by atoms with van der Waals surface area (Å²) >= 11 is 1.69. The first-order valence-corrected chi connectivity index (χ1v) is 7.31. The molecule has 0 saturated carbocycles. The Balaban J connectivity index is 2.09. The molecular weight excluding hydrogens is 260 g/mol. The highest BCUT2D eigenvalue weighted by atomic mass is 32.1. The van der Waals surface area contributed by atoms with Crippen LogP contribution >= 0.6 is 11.3 Å². The molecule has 1 aliphatic heterocycles. The molecule has 3 heterocycles. The zero-order valence-electron chi connectivity index (χ0n) is 10.8. The van der Waals surface area contributed by atoms with Crippen molar-refractivity contribution in [3.05, 3.63) is 17.3 Å². The van der Waals surface area contributed by atoms with E-state index < -0.39 is 0 Å². The number of fused-ring (bicyclic) bond motifs is 1. The molecule has 6 heteroatoms. The average molecular weight is 276 g/mol. The fourth-order valence-corrected chi connectivity index (χ4v) is 3.54. The second kappa shape index (κ2) is 4.77. The Morgan fingerprint density at radius 1 is 1.58 bits per heavy atom. The van der Waals surface area contributed by atoms with E-state index in [1.165, 1.54) is 4.88 Å². The van der Waals surface area contributed by atoms with E-state index in [9.17, 15) is 4.79 Å². The largest absolute Gasteiger partial charge is 0.368 e. The summed E-state index contributed by atoms with van der Waals surface area (Å²) in [5.74, 6) is 0.581. The van der Waals surface area contributed by atoms with Crippen LogP contribution in [0.3, 0.4) is 0 Å². The molecule has 2 aromatic heterocycles.